The first-order chi connectivity index (χ1) is 13.7. The summed E-state index contributed by atoms with van der Waals surface area (Å²) in [5.41, 5.74) is 1.41. The number of aromatic nitrogens is 1. The van der Waals surface area contributed by atoms with Crippen LogP contribution < -0.4 is 4.74 Å². The van der Waals surface area contributed by atoms with Gasteiger partial charge in [-0.05, 0) is 38.1 Å². The minimum Gasteiger partial charge on any atom is -0.491 e. The minimum absolute atomic E-state index is 0.0741. The molecule has 0 bridgehead atoms. The molecule has 0 N–H and O–H groups in total. The van der Waals surface area contributed by atoms with Crippen molar-refractivity contribution in [3.8, 4) is 16.3 Å². The van der Waals surface area contributed by atoms with E-state index < -0.39 is 9.84 Å². The van der Waals surface area contributed by atoms with Gasteiger partial charge >= 0.3 is 0 Å². The van der Waals surface area contributed by atoms with E-state index in [1.54, 1.807) is 10.3 Å². The summed E-state index contributed by atoms with van der Waals surface area (Å²) in [7, 11) is -2.97. The van der Waals surface area contributed by atoms with Gasteiger partial charge in [0.2, 0.25) is 0 Å². The molecule has 29 heavy (non-hydrogen) atoms. The second-order valence-electron chi connectivity index (χ2n) is 7.49. The fourth-order valence-electron chi connectivity index (χ4n) is 3.08. The van der Waals surface area contributed by atoms with Gasteiger partial charge in [-0.15, -0.1) is 11.3 Å². The largest absolute Gasteiger partial charge is 0.491 e. The molecule has 1 fully saturated rings. The number of hydrogen-bond donors (Lipinski definition) is 0. The molecule has 2 aromatic rings. The van der Waals surface area contributed by atoms with Gasteiger partial charge in [0.25, 0.3) is 5.91 Å². The summed E-state index contributed by atoms with van der Waals surface area (Å²) in [6.45, 7) is 6.99. The molecule has 0 atom stereocenters. The van der Waals surface area contributed by atoms with E-state index in [0.29, 0.717) is 38.4 Å². The number of ether oxygens (including phenoxy) is 1. The van der Waals surface area contributed by atoms with E-state index in [4.69, 9.17) is 4.74 Å². The number of hydrogen-bond acceptors (Lipinski definition) is 7. The highest BCUT2D eigenvalue weighted by atomic mass is 32.2. The molecule has 0 unspecified atom stereocenters. The zero-order valence-electron chi connectivity index (χ0n) is 17.0. The normalized spacial score (nSPS) is 15.7. The Labute approximate surface area is 176 Å². The molecule has 0 radical (unpaired) electrons. The SMILES string of the molecule is CC(C)Oc1ccc(-c2nc(C(=O)N3CCN(CCS(C)(=O)=O)CC3)cs2)cc1. The van der Waals surface area contributed by atoms with Crippen LogP contribution in [0.1, 0.15) is 24.3 Å². The molecule has 2 heterocycles. The predicted molar refractivity (Wildman–Crippen MR) is 115 cm³/mol. The molecule has 3 rings (SSSR count). The summed E-state index contributed by atoms with van der Waals surface area (Å²) < 4.78 is 28.3. The molecule has 1 aliphatic heterocycles. The summed E-state index contributed by atoms with van der Waals surface area (Å²) in [6.07, 6.45) is 1.37. The average molecular weight is 438 g/mol. The topological polar surface area (TPSA) is 79.8 Å². The molecule has 0 aliphatic carbocycles. The second-order valence-corrected chi connectivity index (χ2v) is 10.6. The van der Waals surface area contributed by atoms with Crippen LogP contribution in [0.5, 0.6) is 5.75 Å². The number of benzene rings is 1. The van der Waals surface area contributed by atoms with Crippen molar-refractivity contribution in [3.63, 3.8) is 0 Å². The molecule has 1 saturated heterocycles. The fourth-order valence-corrected chi connectivity index (χ4v) is 4.47. The maximum absolute atomic E-state index is 12.8. The Kier molecular flexibility index (Phi) is 6.92. The lowest BCUT2D eigenvalue weighted by atomic mass is 10.2. The summed E-state index contributed by atoms with van der Waals surface area (Å²) in [5, 5.41) is 2.60. The zero-order valence-corrected chi connectivity index (χ0v) is 18.6. The summed E-state index contributed by atoms with van der Waals surface area (Å²) in [6, 6.07) is 7.72. The van der Waals surface area contributed by atoms with Gasteiger partial charge in [0, 0.05) is 49.9 Å². The molecular formula is C20H27N3O4S2. The van der Waals surface area contributed by atoms with Crippen molar-refractivity contribution in [2.75, 3.05) is 44.7 Å². The molecule has 1 aliphatic rings. The first-order valence-electron chi connectivity index (χ1n) is 9.63. The number of amides is 1. The number of nitrogens with zero attached hydrogens (tertiary/aromatic N) is 3. The molecule has 0 saturated carbocycles. The molecule has 7 nitrogen and oxygen atoms in total. The van der Waals surface area contributed by atoms with Crippen molar-refractivity contribution in [1.82, 2.24) is 14.8 Å². The number of carbonyl (C=O) groups excluding carboxylic acids is 1. The van der Waals surface area contributed by atoms with Crippen LogP contribution in [-0.2, 0) is 9.84 Å². The van der Waals surface area contributed by atoms with Crippen LogP contribution in [0, 0.1) is 0 Å². The lowest BCUT2D eigenvalue weighted by Crippen LogP contribution is -2.49. The highest BCUT2D eigenvalue weighted by Crippen LogP contribution is 2.26. The van der Waals surface area contributed by atoms with E-state index in [2.05, 4.69) is 9.88 Å². The minimum atomic E-state index is -2.97. The van der Waals surface area contributed by atoms with E-state index in [1.165, 1.54) is 17.6 Å². The van der Waals surface area contributed by atoms with Gasteiger partial charge in [0.1, 0.15) is 26.3 Å². The third-order valence-corrected chi connectivity index (χ3v) is 6.45. The molecule has 1 aromatic heterocycles. The third-order valence-electron chi connectivity index (χ3n) is 4.63. The average Bonchev–Trinajstić information content (AvgIpc) is 3.16. The maximum Gasteiger partial charge on any atom is 0.273 e. The second kappa shape index (κ2) is 9.23. The highest BCUT2D eigenvalue weighted by Gasteiger charge is 2.24. The number of carbonyl (C=O) groups is 1. The summed E-state index contributed by atoms with van der Waals surface area (Å²) in [4.78, 5) is 21.2. The Morgan fingerprint density at radius 1 is 1.17 bits per heavy atom. The molecule has 9 heteroatoms. The first-order valence-corrected chi connectivity index (χ1v) is 12.6. The van der Waals surface area contributed by atoms with Crippen LogP contribution in [0.2, 0.25) is 0 Å². The van der Waals surface area contributed by atoms with Crippen molar-refractivity contribution in [1.29, 1.82) is 0 Å². The Balaban J connectivity index is 1.57. The summed E-state index contributed by atoms with van der Waals surface area (Å²) in [5.74, 6) is 0.887. The van der Waals surface area contributed by atoms with Gasteiger partial charge in [-0.25, -0.2) is 13.4 Å². The Morgan fingerprint density at radius 3 is 2.41 bits per heavy atom. The van der Waals surface area contributed by atoms with E-state index in [0.717, 1.165) is 16.3 Å². The van der Waals surface area contributed by atoms with Crippen LogP contribution in [0.15, 0.2) is 29.6 Å². The monoisotopic (exact) mass is 437 g/mol. The first kappa shape index (κ1) is 21.7. The quantitative estimate of drug-likeness (QED) is 0.662. The van der Waals surface area contributed by atoms with E-state index in [9.17, 15) is 13.2 Å². The van der Waals surface area contributed by atoms with Crippen molar-refractivity contribution in [3.05, 3.63) is 35.3 Å². The maximum atomic E-state index is 12.8. The molecule has 1 amide bonds. The van der Waals surface area contributed by atoms with E-state index in [-0.39, 0.29) is 17.8 Å². The van der Waals surface area contributed by atoms with Gasteiger partial charge in [0.15, 0.2) is 0 Å². The number of rotatable bonds is 7. The fraction of sp³-hybridized carbons (Fsp3) is 0.500. The lowest BCUT2D eigenvalue weighted by Gasteiger charge is -2.34. The summed E-state index contributed by atoms with van der Waals surface area (Å²) >= 11 is 1.45. The van der Waals surface area contributed by atoms with Crippen LogP contribution in [0.3, 0.4) is 0 Å². The Morgan fingerprint density at radius 2 is 1.83 bits per heavy atom. The van der Waals surface area contributed by atoms with Gasteiger partial charge in [-0.3, -0.25) is 9.69 Å². The number of sulfone groups is 1. The van der Waals surface area contributed by atoms with Crippen LogP contribution >= 0.6 is 11.3 Å². The van der Waals surface area contributed by atoms with Gasteiger partial charge in [-0.1, -0.05) is 0 Å². The number of thiazole rings is 1. The van der Waals surface area contributed by atoms with Gasteiger partial charge in [-0.2, -0.15) is 0 Å². The molecule has 1 aromatic carbocycles. The molecular weight excluding hydrogens is 410 g/mol. The van der Waals surface area contributed by atoms with Crippen molar-refractivity contribution in [2.24, 2.45) is 0 Å². The van der Waals surface area contributed by atoms with Gasteiger partial charge in [0.05, 0.1) is 11.9 Å². The molecule has 158 valence electrons. The van der Waals surface area contributed by atoms with Crippen molar-refractivity contribution >= 4 is 27.1 Å². The van der Waals surface area contributed by atoms with Crippen LogP contribution in [0.4, 0.5) is 0 Å². The predicted octanol–water partition coefficient (Wildman–Crippen LogP) is 2.40. The highest BCUT2D eigenvalue weighted by molar-refractivity contribution is 7.90. The van der Waals surface area contributed by atoms with Gasteiger partial charge < -0.3 is 9.64 Å². The number of piperazine rings is 1. The van der Waals surface area contributed by atoms with Crippen LogP contribution in [0.25, 0.3) is 10.6 Å². The Hall–Kier alpha value is -1.97. The standard InChI is InChI=1S/C20H27N3O4S2/c1-15(2)27-17-6-4-16(5-7-17)19-21-18(14-28-19)20(24)23-10-8-22(9-11-23)12-13-29(3,25)26/h4-7,14-15H,8-13H2,1-3H3. The van der Waals surface area contributed by atoms with Crippen molar-refractivity contribution < 1.29 is 17.9 Å². The lowest BCUT2D eigenvalue weighted by molar-refractivity contribution is 0.0639. The smallest absolute Gasteiger partial charge is 0.273 e. The third kappa shape index (κ3) is 6.25. The molecule has 0 spiro atoms. The Bertz CT molecular complexity index is 931. The zero-order chi connectivity index (χ0) is 21.0. The van der Waals surface area contributed by atoms with Crippen LogP contribution in [-0.4, -0.2) is 79.9 Å². The van der Waals surface area contributed by atoms with E-state index in [1.807, 2.05) is 38.1 Å². The van der Waals surface area contributed by atoms with Crippen molar-refractivity contribution in [2.45, 2.75) is 20.0 Å². The van der Waals surface area contributed by atoms with E-state index >= 15 is 0 Å².